The number of aliphatic hydroxyl groups is 2. The van der Waals surface area contributed by atoms with Gasteiger partial charge in [-0.3, -0.25) is 14.3 Å². The number of hydrogen-bond acceptors (Lipinski definition) is 5. The molecule has 3 N–H and O–H groups in total. The lowest BCUT2D eigenvalue weighted by Crippen LogP contribution is -2.34. The van der Waals surface area contributed by atoms with E-state index in [-0.39, 0.29) is 6.42 Å². The quantitative estimate of drug-likeness (QED) is 0.689. The number of rotatable bonds is 3. The van der Waals surface area contributed by atoms with Crippen LogP contribution in [0.15, 0.2) is 32.9 Å². The standard InChI is InChI=1S/C11H13BrN2O5/c12-3-1-6(15)10-7(16)5-9(19-10)14-4-2-8(17)13-11(14)18/h1-4,6-7,9-10,15-16H,5H2,(H,13,17,18)/t6?,7-,9+,10+/m0/s1. The fourth-order valence-electron chi connectivity index (χ4n) is 1.99. The van der Waals surface area contributed by atoms with Gasteiger partial charge in [-0.05, 0) is 11.1 Å². The number of halogens is 1. The third kappa shape index (κ3) is 3.03. The fraction of sp³-hybridized carbons (Fsp3) is 0.455. The van der Waals surface area contributed by atoms with Crippen molar-refractivity contribution in [2.45, 2.75) is 31.0 Å². The Kier molecular flexibility index (Phi) is 4.35. The molecule has 2 rings (SSSR count). The molecule has 0 spiro atoms. The van der Waals surface area contributed by atoms with Crippen molar-refractivity contribution in [2.24, 2.45) is 0 Å². The first-order valence-electron chi connectivity index (χ1n) is 5.63. The minimum Gasteiger partial charge on any atom is -0.390 e. The highest BCUT2D eigenvalue weighted by molar-refractivity contribution is 9.11. The molecule has 8 heteroatoms. The molecule has 1 unspecified atom stereocenters. The Hall–Kier alpha value is -1.22. The van der Waals surface area contributed by atoms with Gasteiger partial charge < -0.3 is 14.9 Å². The van der Waals surface area contributed by atoms with Crippen LogP contribution in [0, 0.1) is 0 Å². The molecule has 0 bridgehead atoms. The van der Waals surface area contributed by atoms with E-state index >= 15 is 0 Å². The Labute approximate surface area is 116 Å². The number of H-pyrrole nitrogens is 1. The predicted octanol–water partition coefficient (Wildman–Crippen LogP) is -0.545. The summed E-state index contributed by atoms with van der Waals surface area (Å²) in [5.41, 5.74) is -1.12. The van der Waals surface area contributed by atoms with Crippen LogP contribution in [0.5, 0.6) is 0 Å². The fourth-order valence-corrected chi connectivity index (χ4v) is 2.31. The largest absolute Gasteiger partial charge is 0.390 e. The first kappa shape index (κ1) is 14.2. The highest BCUT2D eigenvalue weighted by atomic mass is 79.9. The van der Waals surface area contributed by atoms with Crippen LogP contribution < -0.4 is 11.2 Å². The van der Waals surface area contributed by atoms with Crippen LogP contribution in [-0.4, -0.2) is 38.1 Å². The van der Waals surface area contributed by atoms with E-state index in [1.807, 2.05) is 0 Å². The predicted molar refractivity (Wildman–Crippen MR) is 69.9 cm³/mol. The molecule has 0 amide bonds. The van der Waals surface area contributed by atoms with E-state index in [4.69, 9.17) is 4.74 Å². The molecule has 7 nitrogen and oxygen atoms in total. The third-order valence-corrected chi connectivity index (χ3v) is 3.21. The van der Waals surface area contributed by atoms with E-state index in [0.717, 1.165) is 0 Å². The van der Waals surface area contributed by atoms with Crippen LogP contribution >= 0.6 is 15.9 Å². The average Bonchev–Trinajstić information content (AvgIpc) is 2.71. The van der Waals surface area contributed by atoms with Crippen LogP contribution in [-0.2, 0) is 4.74 Å². The van der Waals surface area contributed by atoms with E-state index in [2.05, 4.69) is 20.9 Å². The van der Waals surface area contributed by atoms with Crippen molar-refractivity contribution in [3.63, 3.8) is 0 Å². The maximum absolute atomic E-state index is 11.6. The number of aliphatic hydroxyl groups excluding tert-OH is 2. The summed E-state index contributed by atoms with van der Waals surface area (Å²) in [5, 5.41) is 19.6. The number of aromatic amines is 1. The third-order valence-electron chi connectivity index (χ3n) is 2.90. The number of nitrogens with zero attached hydrogens (tertiary/aromatic N) is 1. The first-order valence-corrected chi connectivity index (χ1v) is 6.54. The van der Waals surface area contributed by atoms with Gasteiger partial charge in [-0.2, -0.15) is 0 Å². The molecule has 0 aliphatic carbocycles. The number of aromatic nitrogens is 2. The van der Waals surface area contributed by atoms with Crippen molar-refractivity contribution in [3.05, 3.63) is 44.2 Å². The molecule has 0 aromatic carbocycles. The van der Waals surface area contributed by atoms with Crippen molar-refractivity contribution in [1.82, 2.24) is 9.55 Å². The number of hydrogen-bond donors (Lipinski definition) is 3. The van der Waals surface area contributed by atoms with E-state index < -0.39 is 35.8 Å². The Bertz CT molecular complexity index is 581. The Morgan fingerprint density at radius 3 is 2.95 bits per heavy atom. The van der Waals surface area contributed by atoms with Crippen molar-refractivity contribution < 1.29 is 14.9 Å². The summed E-state index contributed by atoms with van der Waals surface area (Å²) in [5.74, 6) is 0. The molecular weight excluding hydrogens is 320 g/mol. The molecule has 19 heavy (non-hydrogen) atoms. The Balaban J connectivity index is 2.21. The Morgan fingerprint density at radius 2 is 2.32 bits per heavy atom. The molecule has 1 aliphatic rings. The maximum atomic E-state index is 11.6. The van der Waals surface area contributed by atoms with Gasteiger partial charge >= 0.3 is 5.69 Å². The number of nitrogens with one attached hydrogen (secondary N) is 1. The summed E-state index contributed by atoms with van der Waals surface area (Å²) in [7, 11) is 0. The Morgan fingerprint density at radius 1 is 1.58 bits per heavy atom. The molecule has 104 valence electrons. The van der Waals surface area contributed by atoms with Gasteiger partial charge in [0, 0.05) is 18.7 Å². The summed E-state index contributed by atoms with van der Waals surface area (Å²) in [6.07, 6.45) is -0.552. The smallest absolute Gasteiger partial charge is 0.330 e. The minimum atomic E-state index is -0.988. The second-order valence-corrected chi connectivity index (χ2v) is 4.71. The molecule has 0 radical (unpaired) electrons. The lowest BCUT2D eigenvalue weighted by atomic mass is 10.1. The van der Waals surface area contributed by atoms with Crippen LogP contribution in [0.1, 0.15) is 12.6 Å². The summed E-state index contributed by atoms with van der Waals surface area (Å²) in [6, 6.07) is 1.19. The van der Waals surface area contributed by atoms with Gasteiger partial charge in [0.25, 0.3) is 5.56 Å². The summed E-state index contributed by atoms with van der Waals surface area (Å²) in [4.78, 5) is 26.1. The molecule has 1 saturated heterocycles. The van der Waals surface area contributed by atoms with Crippen LogP contribution in [0.2, 0.25) is 0 Å². The molecule has 1 aliphatic heterocycles. The first-order chi connectivity index (χ1) is 9.02. The zero-order chi connectivity index (χ0) is 14.0. The van der Waals surface area contributed by atoms with E-state index in [0.29, 0.717) is 0 Å². The maximum Gasteiger partial charge on any atom is 0.330 e. The topological polar surface area (TPSA) is 105 Å². The van der Waals surface area contributed by atoms with Gasteiger partial charge in [-0.25, -0.2) is 4.79 Å². The SMILES string of the molecule is O=c1ccn([C@H]2C[C@H](O)[C@@H](C(O)C=CBr)O2)c(=O)[nH]1. The van der Waals surface area contributed by atoms with Gasteiger partial charge in [0.2, 0.25) is 0 Å². The molecule has 4 atom stereocenters. The van der Waals surface area contributed by atoms with E-state index in [9.17, 15) is 19.8 Å². The van der Waals surface area contributed by atoms with Crippen LogP contribution in [0.4, 0.5) is 0 Å². The normalized spacial score (nSPS) is 28.9. The molecule has 2 heterocycles. The zero-order valence-corrected chi connectivity index (χ0v) is 11.4. The van der Waals surface area contributed by atoms with Crippen molar-refractivity contribution in [3.8, 4) is 0 Å². The summed E-state index contributed by atoms with van der Waals surface area (Å²) in [6.45, 7) is 0. The zero-order valence-electron chi connectivity index (χ0n) is 9.77. The van der Waals surface area contributed by atoms with Crippen molar-refractivity contribution >= 4 is 15.9 Å². The lowest BCUT2D eigenvalue weighted by molar-refractivity contribution is -0.0682. The minimum absolute atomic E-state index is 0.157. The van der Waals surface area contributed by atoms with Gasteiger partial charge in [-0.15, -0.1) is 0 Å². The lowest BCUT2D eigenvalue weighted by Gasteiger charge is -2.18. The van der Waals surface area contributed by atoms with Gasteiger partial charge in [0.1, 0.15) is 18.4 Å². The average molecular weight is 333 g/mol. The van der Waals surface area contributed by atoms with E-state index in [1.54, 1.807) is 0 Å². The van der Waals surface area contributed by atoms with Gasteiger partial charge in [-0.1, -0.05) is 15.9 Å². The molecular formula is C11H13BrN2O5. The molecule has 0 saturated carbocycles. The molecule has 1 aromatic heterocycles. The summed E-state index contributed by atoms with van der Waals surface area (Å²) < 4.78 is 6.64. The highest BCUT2D eigenvalue weighted by Gasteiger charge is 2.38. The summed E-state index contributed by atoms with van der Waals surface area (Å²) >= 11 is 3.02. The van der Waals surface area contributed by atoms with Crippen molar-refractivity contribution in [1.29, 1.82) is 0 Å². The molecule has 1 aromatic rings. The second-order valence-electron chi connectivity index (χ2n) is 4.18. The monoisotopic (exact) mass is 332 g/mol. The number of ether oxygens (including phenoxy) is 1. The second kappa shape index (κ2) is 5.83. The van der Waals surface area contributed by atoms with Crippen LogP contribution in [0.25, 0.3) is 0 Å². The van der Waals surface area contributed by atoms with Crippen LogP contribution in [0.3, 0.4) is 0 Å². The van der Waals surface area contributed by atoms with Gasteiger partial charge in [0.15, 0.2) is 0 Å². The highest BCUT2D eigenvalue weighted by Crippen LogP contribution is 2.29. The van der Waals surface area contributed by atoms with E-state index in [1.165, 1.54) is 27.9 Å². The van der Waals surface area contributed by atoms with Crippen molar-refractivity contribution in [2.75, 3.05) is 0 Å². The molecule has 1 fully saturated rings. The van der Waals surface area contributed by atoms with Gasteiger partial charge in [0.05, 0.1) is 6.10 Å².